The fraction of sp³-hybridized carbons (Fsp3) is 0.500. The van der Waals surface area contributed by atoms with Crippen LogP contribution in [0.15, 0.2) is 18.2 Å². The van der Waals surface area contributed by atoms with Crippen molar-refractivity contribution in [2.24, 2.45) is 0 Å². The Balaban J connectivity index is 2.56. The lowest BCUT2D eigenvalue weighted by atomic mass is 10.2. The molecule has 0 bridgehead atoms. The molecule has 6 heteroatoms. The summed E-state index contributed by atoms with van der Waals surface area (Å²) in [7, 11) is -3.32. The molecule has 0 aromatic heterocycles. The van der Waals surface area contributed by atoms with E-state index < -0.39 is 10.0 Å². The summed E-state index contributed by atoms with van der Waals surface area (Å²) in [5.41, 5.74) is 1.42. The number of hydrogen-bond donors (Lipinski definition) is 2. The van der Waals surface area contributed by atoms with Gasteiger partial charge < -0.3 is 5.32 Å². The molecule has 0 saturated carbocycles. The zero-order valence-corrected chi connectivity index (χ0v) is 12.2. The topological polar surface area (TPSA) is 58.2 Å². The molecule has 18 heavy (non-hydrogen) atoms. The van der Waals surface area contributed by atoms with Crippen LogP contribution in [-0.2, 0) is 10.0 Å². The van der Waals surface area contributed by atoms with Crippen LogP contribution in [-0.4, -0.2) is 27.3 Å². The van der Waals surface area contributed by atoms with Crippen LogP contribution >= 0.6 is 11.6 Å². The van der Waals surface area contributed by atoms with Crippen LogP contribution in [0.1, 0.15) is 18.9 Å². The fourth-order valence-corrected chi connectivity index (χ4v) is 2.58. The van der Waals surface area contributed by atoms with E-state index in [1.54, 1.807) is 18.2 Å². The molecule has 0 fully saturated rings. The minimum atomic E-state index is -3.32. The largest absolute Gasteiger partial charge is 0.316 e. The molecule has 4 nitrogen and oxygen atoms in total. The molecule has 2 N–H and O–H groups in total. The average molecular weight is 291 g/mol. The predicted octanol–water partition coefficient (Wildman–Crippen LogP) is 2.39. The molecular formula is C12H19ClN2O2S. The number of aryl methyl sites for hydroxylation is 1. The van der Waals surface area contributed by atoms with Gasteiger partial charge in [0.15, 0.2) is 0 Å². The van der Waals surface area contributed by atoms with E-state index in [1.165, 1.54) is 0 Å². The summed E-state index contributed by atoms with van der Waals surface area (Å²) in [6.07, 6.45) is 0.987. The van der Waals surface area contributed by atoms with Gasteiger partial charge in [-0.1, -0.05) is 24.6 Å². The Morgan fingerprint density at radius 1 is 1.28 bits per heavy atom. The third-order valence-electron chi connectivity index (χ3n) is 2.42. The number of sulfonamides is 1. The highest BCUT2D eigenvalue weighted by Gasteiger charge is 2.10. The van der Waals surface area contributed by atoms with Crippen LogP contribution in [0.5, 0.6) is 0 Å². The van der Waals surface area contributed by atoms with Gasteiger partial charge in [-0.15, -0.1) is 0 Å². The number of anilines is 1. The average Bonchev–Trinajstić information content (AvgIpc) is 2.29. The van der Waals surface area contributed by atoms with Gasteiger partial charge in [0.2, 0.25) is 10.0 Å². The highest BCUT2D eigenvalue weighted by atomic mass is 35.5. The molecule has 0 radical (unpaired) electrons. The van der Waals surface area contributed by atoms with Gasteiger partial charge in [-0.25, -0.2) is 8.42 Å². The number of halogens is 1. The first-order valence-corrected chi connectivity index (χ1v) is 7.95. The van der Waals surface area contributed by atoms with Crippen LogP contribution in [0.25, 0.3) is 0 Å². The van der Waals surface area contributed by atoms with Crippen molar-refractivity contribution >= 4 is 27.3 Å². The monoisotopic (exact) mass is 290 g/mol. The lowest BCUT2D eigenvalue weighted by Crippen LogP contribution is -2.27. The predicted molar refractivity (Wildman–Crippen MR) is 76.8 cm³/mol. The Hall–Kier alpha value is -0.780. The van der Waals surface area contributed by atoms with Gasteiger partial charge in [-0.3, -0.25) is 4.72 Å². The first-order chi connectivity index (χ1) is 8.44. The van der Waals surface area contributed by atoms with E-state index in [-0.39, 0.29) is 5.75 Å². The molecule has 0 aliphatic rings. The maximum absolute atomic E-state index is 11.8. The first-order valence-electron chi connectivity index (χ1n) is 5.92. The Kier molecular flexibility index (Phi) is 5.91. The Labute approximate surface area is 114 Å². The van der Waals surface area contributed by atoms with Crippen LogP contribution in [0.2, 0.25) is 5.02 Å². The van der Waals surface area contributed by atoms with Crippen molar-refractivity contribution in [3.05, 3.63) is 28.8 Å². The zero-order valence-electron chi connectivity index (χ0n) is 10.7. The third-order valence-corrected chi connectivity index (χ3v) is 4.12. The van der Waals surface area contributed by atoms with Crippen LogP contribution in [0.4, 0.5) is 5.69 Å². The van der Waals surface area contributed by atoms with Crippen LogP contribution < -0.4 is 10.0 Å². The molecule has 0 aliphatic heterocycles. The van der Waals surface area contributed by atoms with E-state index in [1.807, 2.05) is 13.8 Å². The zero-order chi connectivity index (χ0) is 13.6. The maximum atomic E-state index is 11.8. The Bertz CT molecular complexity index is 489. The van der Waals surface area contributed by atoms with Gasteiger partial charge >= 0.3 is 0 Å². The van der Waals surface area contributed by atoms with Crippen molar-refractivity contribution in [3.63, 3.8) is 0 Å². The summed E-state index contributed by atoms with van der Waals surface area (Å²) in [5, 5.41) is 3.61. The van der Waals surface area contributed by atoms with Gasteiger partial charge in [0.1, 0.15) is 0 Å². The third kappa shape index (κ3) is 5.25. The lowest BCUT2D eigenvalue weighted by molar-refractivity contribution is 0.595. The smallest absolute Gasteiger partial charge is 0.233 e. The van der Waals surface area contributed by atoms with Gasteiger partial charge in [0.05, 0.1) is 5.75 Å². The second-order valence-electron chi connectivity index (χ2n) is 4.13. The summed E-state index contributed by atoms with van der Waals surface area (Å²) in [4.78, 5) is 0. The van der Waals surface area contributed by atoms with E-state index >= 15 is 0 Å². The van der Waals surface area contributed by atoms with Gasteiger partial charge in [0.25, 0.3) is 0 Å². The lowest BCUT2D eigenvalue weighted by Gasteiger charge is -2.09. The van der Waals surface area contributed by atoms with Gasteiger partial charge in [-0.05, 0) is 37.6 Å². The number of nitrogens with one attached hydrogen (secondary N) is 2. The molecule has 0 atom stereocenters. The maximum Gasteiger partial charge on any atom is 0.233 e. The van der Waals surface area contributed by atoms with Gasteiger partial charge in [-0.2, -0.15) is 0 Å². The molecule has 1 rings (SSSR count). The molecule has 1 aromatic rings. The molecule has 1 aromatic carbocycles. The van der Waals surface area contributed by atoms with Crippen LogP contribution in [0, 0.1) is 6.92 Å². The van der Waals surface area contributed by atoms with Crippen molar-refractivity contribution < 1.29 is 8.42 Å². The summed E-state index contributed by atoms with van der Waals surface area (Å²) in [5.74, 6) is 0.0541. The summed E-state index contributed by atoms with van der Waals surface area (Å²) < 4.78 is 26.0. The number of hydrogen-bond acceptors (Lipinski definition) is 3. The molecule has 0 saturated heterocycles. The highest BCUT2D eigenvalue weighted by molar-refractivity contribution is 7.92. The summed E-state index contributed by atoms with van der Waals surface area (Å²) in [6.45, 7) is 5.18. The molecule has 0 heterocycles. The number of rotatable bonds is 7. The highest BCUT2D eigenvalue weighted by Crippen LogP contribution is 2.20. The number of benzene rings is 1. The van der Waals surface area contributed by atoms with E-state index in [0.29, 0.717) is 17.3 Å². The molecular weight excluding hydrogens is 272 g/mol. The van der Waals surface area contributed by atoms with Crippen molar-refractivity contribution in [3.8, 4) is 0 Å². The second kappa shape index (κ2) is 6.97. The fourth-order valence-electron chi connectivity index (χ4n) is 1.40. The summed E-state index contributed by atoms with van der Waals surface area (Å²) in [6, 6.07) is 5.11. The SMILES string of the molecule is CCCNCCS(=O)(=O)Nc1ccc(C)c(Cl)c1. The first kappa shape index (κ1) is 15.3. The van der Waals surface area contributed by atoms with Crippen molar-refractivity contribution in [1.29, 1.82) is 0 Å². The van der Waals surface area contributed by atoms with E-state index in [4.69, 9.17) is 11.6 Å². The standard InChI is InChI=1S/C12H19ClN2O2S/c1-3-6-14-7-8-18(16,17)15-11-5-4-10(2)12(13)9-11/h4-5,9,14-15H,3,6-8H2,1-2H3. The molecule has 102 valence electrons. The summed E-state index contributed by atoms with van der Waals surface area (Å²) >= 11 is 5.94. The van der Waals surface area contributed by atoms with Crippen molar-refractivity contribution in [2.75, 3.05) is 23.6 Å². The second-order valence-corrected chi connectivity index (χ2v) is 6.38. The van der Waals surface area contributed by atoms with E-state index in [0.717, 1.165) is 18.5 Å². The van der Waals surface area contributed by atoms with Crippen molar-refractivity contribution in [2.45, 2.75) is 20.3 Å². The van der Waals surface area contributed by atoms with Crippen LogP contribution in [0.3, 0.4) is 0 Å². The minimum Gasteiger partial charge on any atom is -0.316 e. The molecule has 0 unspecified atom stereocenters. The Morgan fingerprint density at radius 2 is 2.00 bits per heavy atom. The minimum absolute atomic E-state index is 0.0541. The molecule has 0 amide bonds. The van der Waals surface area contributed by atoms with E-state index in [2.05, 4.69) is 10.0 Å². The van der Waals surface area contributed by atoms with E-state index in [9.17, 15) is 8.42 Å². The van der Waals surface area contributed by atoms with Crippen molar-refractivity contribution in [1.82, 2.24) is 5.32 Å². The normalized spacial score (nSPS) is 11.5. The quantitative estimate of drug-likeness (QED) is 0.758. The molecule has 0 aliphatic carbocycles. The van der Waals surface area contributed by atoms with Gasteiger partial charge in [0, 0.05) is 17.3 Å². The Morgan fingerprint density at radius 3 is 2.61 bits per heavy atom. The molecule has 0 spiro atoms.